The first-order chi connectivity index (χ1) is 6.78. The second kappa shape index (κ2) is 3.89. The van der Waals surface area contributed by atoms with Gasteiger partial charge in [0, 0.05) is 23.8 Å². The van der Waals surface area contributed by atoms with Gasteiger partial charge in [0.05, 0.1) is 12.2 Å². The highest BCUT2D eigenvalue weighted by Gasteiger charge is 2.01. The lowest BCUT2D eigenvalue weighted by Crippen LogP contribution is -2.03. The van der Waals surface area contributed by atoms with Gasteiger partial charge < -0.3 is 5.73 Å². The molecule has 0 aliphatic carbocycles. The zero-order valence-electron chi connectivity index (χ0n) is 7.97. The van der Waals surface area contributed by atoms with Gasteiger partial charge in [0.1, 0.15) is 5.01 Å². The fraction of sp³-hybridized carbons (Fsp3) is 0.333. The van der Waals surface area contributed by atoms with Gasteiger partial charge in [-0.2, -0.15) is 5.10 Å². The molecule has 4 nitrogen and oxygen atoms in total. The molecule has 2 heterocycles. The molecule has 0 saturated carbocycles. The van der Waals surface area contributed by atoms with Gasteiger partial charge in [-0.3, -0.25) is 4.68 Å². The van der Waals surface area contributed by atoms with Crippen LogP contribution in [0.1, 0.15) is 16.4 Å². The predicted molar refractivity (Wildman–Crippen MR) is 56.1 cm³/mol. The van der Waals surface area contributed by atoms with Gasteiger partial charge in [-0.05, 0) is 13.0 Å². The number of aromatic nitrogens is 3. The van der Waals surface area contributed by atoms with E-state index in [0.717, 1.165) is 22.9 Å². The smallest absolute Gasteiger partial charge is 0.114 e. The summed E-state index contributed by atoms with van der Waals surface area (Å²) < 4.78 is 1.86. The lowest BCUT2D eigenvalue weighted by Gasteiger charge is -1.96. The van der Waals surface area contributed by atoms with Gasteiger partial charge >= 0.3 is 0 Å². The molecule has 0 fully saturated rings. The summed E-state index contributed by atoms with van der Waals surface area (Å²) >= 11 is 1.66. The van der Waals surface area contributed by atoms with Crippen LogP contribution in [-0.4, -0.2) is 14.8 Å². The number of hydrogen-bond acceptors (Lipinski definition) is 4. The molecule has 0 spiro atoms. The Morgan fingerprint density at radius 2 is 2.43 bits per heavy atom. The Labute approximate surface area is 86.4 Å². The van der Waals surface area contributed by atoms with Gasteiger partial charge in [-0.15, -0.1) is 11.3 Å². The molecule has 74 valence electrons. The van der Waals surface area contributed by atoms with Crippen molar-refractivity contribution in [1.82, 2.24) is 14.8 Å². The Balaban J connectivity index is 2.10. The average molecular weight is 208 g/mol. The molecule has 5 heteroatoms. The molecule has 2 rings (SSSR count). The Morgan fingerprint density at radius 1 is 1.57 bits per heavy atom. The first-order valence-electron chi connectivity index (χ1n) is 4.41. The molecule has 0 saturated heterocycles. The molecule has 0 unspecified atom stereocenters. The summed E-state index contributed by atoms with van der Waals surface area (Å²) in [5.74, 6) is 0. The summed E-state index contributed by atoms with van der Waals surface area (Å²) in [6.07, 6.45) is 1.93. The zero-order chi connectivity index (χ0) is 9.97. The summed E-state index contributed by atoms with van der Waals surface area (Å²) in [5.41, 5.74) is 7.45. The van der Waals surface area contributed by atoms with Crippen molar-refractivity contribution >= 4 is 11.3 Å². The van der Waals surface area contributed by atoms with Crippen LogP contribution < -0.4 is 5.73 Å². The molecular weight excluding hydrogens is 196 g/mol. The molecular formula is C9H12N4S. The lowest BCUT2D eigenvalue weighted by atomic mass is 10.4. The van der Waals surface area contributed by atoms with Crippen molar-refractivity contribution in [3.63, 3.8) is 0 Å². The monoisotopic (exact) mass is 208 g/mol. The average Bonchev–Trinajstić information content (AvgIpc) is 2.76. The Morgan fingerprint density at radius 3 is 3.00 bits per heavy atom. The van der Waals surface area contributed by atoms with Crippen molar-refractivity contribution in [2.45, 2.75) is 20.0 Å². The first kappa shape index (κ1) is 9.36. The molecule has 0 amide bonds. The zero-order valence-corrected chi connectivity index (χ0v) is 8.79. The Kier molecular flexibility index (Phi) is 2.60. The predicted octanol–water partition coefficient (Wildman–Crippen LogP) is 1.16. The van der Waals surface area contributed by atoms with Crippen molar-refractivity contribution in [2.24, 2.45) is 5.73 Å². The largest absolute Gasteiger partial charge is 0.325 e. The van der Waals surface area contributed by atoms with E-state index >= 15 is 0 Å². The molecule has 14 heavy (non-hydrogen) atoms. The molecule has 0 aliphatic heterocycles. The van der Waals surface area contributed by atoms with E-state index in [1.165, 1.54) is 0 Å². The van der Waals surface area contributed by atoms with Crippen molar-refractivity contribution in [2.75, 3.05) is 0 Å². The highest BCUT2D eigenvalue weighted by atomic mass is 32.1. The van der Waals surface area contributed by atoms with Gasteiger partial charge in [0.25, 0.3) is 0 Å². The van der Waals surface area contributed by atoms with E-state index in [1.807, 2.05) is 29.2 Å². The number of nitrogens with two attached hydrogens (primary N) is 1. The molecule has 2 aromatic heterocycles. The number of thiazole rings is 1. The maximum absolute atomic E-state index is 5.47. The number of nitrogens with zero attached hydrogens (tertiary/aromatic N) is 3. The minimum absolute atomic E-state index is 0.490. The van der Waals surface area contributed by atoms with Crippen molar-refractivity contribution in [3.05, 3.63) is 34.0 Å². The summed E-state index contributed by atoms with van der Waals surface area (Å²) in [5, 5.41) is 7.41. The maximum atomic E-state index is 5.47. The topological polar surface area (TPSA) is 56.7 Å². The standard InChI is InChI=1S/C9H12N4S/c1-7-6-14-9(11-7)5-13-3-2-8(4-10)12-13/h2-3,6H,4-5,10H2,1H3. The van der Waals surface area contributed by atoms with Gasteiger partial charge in [-0.25, -0.2) is 4.98 Å². The SMILES string of the molecule is Cc1csc(Cn2ccc(CN)n2)n1. The van der Waals surface area contributed by atoms with E-state index in [2.05, 4.69) is 10.1 Å². The third kappa shape index (κ3) is 2.00. The highest BCUT2D eigenvalue weighted by Crippen LogP contribution is 2.10. The van der Waals surface area contributed by atoms with Crippen LogP contribution in [0.4, 0.5) is 0 Å². The minimum atomic E-state index is 0.490. The Bertz CT molecular complexity index is 418. The van der Waals surface area contributed by atoms with Crippen LogP contribution in [0.3, 0.4) is 0 Å². The number of rotatable bonds is 3. The summed E-state index contributed by atoms with van der Waals surface area (Å²) in [7, 11) is 0. The van der Waals surface area contributed by atoms with E-state index in [0.29, 0.717) is 6.54 Å². The molecule has 0 radical (unpaired) electrons. The van der Waals surface area contributed by atoms with Crippen LogP contribution in [0.5, 0.6) is 0 Å². The summed E-state index contributed by atoms with van der Waals surface area (Å²) in [6.45, 7) is 3.22. The number of hydrogen-bond donors (Lipinski definition) is 1. The van der Waals surface area contributed by atoms with Crippen LogP contribution in [0.2, 0.25) is 0 Å². The molecule has 0 bridgehead atoms. The molecule has 0 atom stereocenters. The third-order valence-electron chi connectivity index (χ3n) is 1.87. The van der Waals surface area contributed by atoms with E-state index in [1.54, 1.807) is 11.3 Å². The van der Waals surface area contributed by atoms with Gasteiger partial charge in [0.2, 0.25) is 0 Å². The van der Waals surface area contributed by atoms with Crippen molar-refractivity contribution < 1.29 is 0 Å². The molecule has 2 N–H and O–H groups in total. The molecule has 2 aromatic rings. The second-order valence-electron chi connectivity index (χ2n) is 3.09. The molecule has 0 aromatic carbocycles. The van der Waals surface area contributed by atoms with Crippen molar-refractivity contribution in [3.8, 4) is 0 Å². The summed E-state index contributed by atoms with van der Waals surface area (Å²) in [6, 6.07) is 1.93. The maximum Gasteiger partial charge on any atom is 0.114 e. The van der Waals surface area contributed by atoms with Gasteiger partial charge in [0.15, 0.2) is 0 Å². The van der Waals surface area contributed by atoms with Crippen LogP contribution in [0.15, 0.2) is 17.6 Å². The van der Waals surface area contributed by atoms with Gasteiger partial charge in [-0.1, -0.05) is 0 Å². The summed E-state index contributed by atoms with van der Waals surface area (Å²) in [4.78, 5) is 4.37. The van der Waals surface area contributed by atoms with Crippen LogP contribution in [-0.2, 0) is 13.1 Å². The van der Waals surface area contributed by atoms with Crippen LogP contribution >= 0.6 is 11.3 Å². The highest BCUT2D eigenvalue weighted by molar-refractivity contribution is 7.09. The van der Waals surface area contributed by atoms with Crippen molar-refractivity contribution in [1.29, 1.82) is 0 Å². The van der Waals surface area contributed by atoms with E-state index in [9.17, 15) is 0 Å². The van der Waals surface area contributed by atoms with E-state index in [-0.39, 0.29) is 0 Å². The van der Waals surface area contributed by atoms with E-state index in [4.69, 9.17) is 5.73 Å². The second-order valence-corrected chi connectivity index (χ2v) is 4.03. The van der Waals surface area contributed by atoms with Crippen LogP contribution in [0, 0.1) is 6.92 Å². The quantitative estimate of drug-likeness (QED) is 0.823. The molecule has 0 aliphatic rings. The minimum Gasteiger partial charge on any atom is -0.325 e. The normalized spacial score (nSPS) is 10.7. The van der Waals surface area contributed by atoms with Crippen LogP contribution in [0.25, 0.3) is 0 Å². The first-order valence-corrected chi connectivity index (χ1v) is 5.29. The number of aryl methyl sites for hydroxylation is 1. The fourth-order valence-corrected chi connectivity index (χ4v) is 1.98. The third-order valence-corrected chi connectivity index (χ3v) is 2.82. The lowest BCUT2D eigenvalue weighted by molar-refractivity contribution is 0.668. The van der Waals surface area contributed by atoms with E-state index < -0.39 is 0 Å². The fourth-order valence-electron chi connectivity index (χ4n) is 1.21. The Hall–Kier alpha value is -1.20.